The van der Waals surface area contributed by atoms with Gasteiger partial charge < -0.3 is 21.9 Å². The van der Waals surface area contributed by atoms with Gasteiger partial charge in [-0.05, 0) is 6.07 Å². The topological polar surface area (TPSA) is 56.5 Å². The number of ether oxygens (including phenoxy) is 2. The van der Waals surface area contributed by atoms with E-state index in [-0.39, 0.29) is 12.4 Å². The zero-order valence-electron chi connectivity index (χ0n) is 8.27. The number of methoxy groups -OCH3 is 1. The Bertz CT molecular complexity index is 367. The fraction of sp³-hybridized carbons (Fsp3) is 0.222. The fourth-order valence-electron chi connectivity index (χ4n) is 0.899. The molecular weight excluding hydrogens is 222 g/mol. The first kappa shape index (κ1) is 13.4. The second kappa shape index (κ2) is 5.98. The molecule has 0 atom stereocenters. The summed E-state index contributed by atoms with van der Waals surface area (Å²) in [5, 5.41) is 0. The van der Waals surface area contributed by atoms with Crippen LogP contribution in [0.2, 0.25) is 0 Å². The molecule has 5 nitrogen and oxygen atoms in total. The third kappa shape index (κ3) is 3.95. The molecule has 0 aliphatic heterocycles. The largest absolute Gasteiger partial charge is 1.00 e. The Hall–Kier alpha value is -1.62. The molecule has 0 spiro atoms. The van der Waals surface area contributed by atoms with Gasteiger partial charge in [0.15, 0.2) is 11.9 Å². The Balaban J connectivity index is 0.00000196. The second-order valence-electron chi connectivity index (χ2n) is 2.51. The number of nitrogens with zero attached hydrogens (tertiary/aromatic N) is 1. The Morgan fingerprint density at radius 2 is 2.07 bits per heavy atom. The predicted molar refractivity (Wildman–Crippen MR) is 45.7 cm³/mol. The van der Waals surface area contributed by atoms with Gasteiger partial charge in [0.1, 0.15) is 0 Å². The number of carbonyl (C=O) groups is 2. The summed E-state index contributed by atoms with van der Waals surface area (Å²) < 4.78 is 10.4. The molecule has 0 fully saturated rings. The summed E-state index contributed by atoms with van der Waals surface area (Å²) in [7, 11) is 1.27. The Labute approximate surface area is 93.0 Å². The van der Waals surface area contributed by atoms with Crippen molar-refractivity contribution in [2.24, 2.45) is 0 Å². The van der Waals surface area contributed by atoms with Crippen molar-refractivity contribution in [1.82, 2.24) is 0 Å². The van der Waals surface area contributed by atoms with Crippen LogP contribution in [0.4, 0.5) is 4.79 Å². The maximum absolute atomic E-state index is 11.1. The SMILES string of the molecule is COC(=O)[n+]1cccc(OC(C)=O)c1.[Cl-]. The summed E-state index contributed by atoms with van der Waals surface area (Å²) in [6.45, 7) is 1.29. The van der Waals surface area contributed by atoms with E-state index in [9.17, 15) is 9.59 Å². The highest BCUT2D eigenvalue weighted by atomic mass is 35.5. The fourth-order valence-corrected chi connectivity index (χ4v) is 0.899. The lowest BCUT2D eigenvalue weighted by molar-refractivity contribution is -0.585. The average Bonchev–Trinajstić information content (AvgIpc) is 2.16. The number of aromatic nitrogens is 1. The lowest BCUT2D eigenvalue weighted by atomic mass is 10.4. The van der Waals surface area contributed by atoms with Crippen LogP contribution in [-0.2, 0) is 9.53 Å². The van der Waals surface area contributed by atoms with Crippen molar-refractivity contribution in [2.45, 2.75) is 6.92 Å². The van der Waals surface area contributed by atoms with Crippen LogP contribution in [0.1, 0.15) is 6.92 Å². The zero-order chi connectivity index (χ0) is 10.6. The van der Waals surface area contributed by atoms with E-state index in [1.807, 2.05) is 0 Å². The molecular formula is C9H10ClNO4. The molecule has 0 aliphatic carbocycles. The molecule has 0 aliphatic rings. The minimum atomic E-state index is -0.543. The third-order valence-electron chi connectivity index (χ3n) is 1.42. The molecule has 0 aromatic carbocycles. The Kier molecular flexibility index (Phi) is 5.33. The number of halogens is 1. The number of hydrogen-bond acceptors (Lipinski definition) is 4. The van der Waals surface area contributed by atoms with E-state index in [0.717, 1.165) is 0 Å². The van der Waals surface area contributed by atoms with E-state index >= 15 is 0 Å². The smallest absolute Gasteiger partial charge is 0.601 e. The Morgan fingerprint density at radius 3 is 2.60 bits per heavy atom. The highest BCUT2D eigenvalue weighted by Crippen LogP contribution is 2.05. The van der Waals surface area contributed by atoms with Crippen LogP contribution in [0.5, 0.6) is 5.75 Å². The van der Waals surface area contributed by atoms with Crippen molar-refractivity contribution in [3.8, 4) is 5.75 Å². The molecule has 15 heavy (non-hydrogen) atoms. The number of carbonyl (C=O) groups excluding carboxylic acids is 2. The zero-order valence-corrected chi connectivity index (χ0v) is 9.02. The van der Waals surface area contributed by atoms with Crippen molar-refractivity contribution >= 4 is 12.1 Å². The number of esters is 1. The van der Waals surface area contributed by atoms with E-state index in [1.165, 1.54) is 31.0 Å². The molecule has 1 aromatic heterocycles. The molecule has 6 heteroatoms. The molecule has 0 N–H and O–H groups in total. The van der Waals surface area contributed by atoms with Gasteiger partial charge in [-0.1, -0.05) is 4.57 Å². The molecule has 0 radical (unpaired) electrons. The van der Waals surface area contributed by atoms with E-state index in [2.05, 4.69) is 4.74 Å². The standard InChI is InChI=1S/C9H10NO4.ClH/c1-7(11)14-8-4-3-5-10(6-8)9(12)13-2;/h3-6H,1-2H3;1H/q+1;/p-1. The minimum Gasteiger partial charge on any atom is -1.00 e. The predicted octanol–water partition coefficient (Wildman–Crippen LogP) is -2.48. The molecule has 82 valence electrons. The van der Waals surface area contributed by atoms with Crippen LogP contribution in [0.3, 0.4) is 0 Å². The monoisotopic (exact) mass is 231 g/mol. The van der Waals surface area contributed by atoms with Crippen molar-refractivity contribution < 1.29 is 36.0 Å². The van der Waals surface area contributed by atoms with Gasteiger partial charge in [0.25, 0.3) is 0 Å². The summed E-state index contributed by atoms with van der Waals surface area (Å²) in [6, 6.07) is 3.15. The van der Waals surface area contributed by atoms with Gasteiger partial charge in [0.05, 0.1) is 7.11 Å². The van der Waals surface area contributed by atoms with Crippen LogP contribution in [0.25, 0.3) is 0 Å². The summed E-state index contributed by atoms with van der Waals surface area (Å²) in [4.78, 5) is 21.7. The van der Waals surface area contributed by atoms with E-state index in [1.54, 1.807) is 12.1 Å². The first-order valence-electron chi connectivity index (χ1n) is 3.91. The molecule has 0 unspecified atom stereocenters. The summed E-state index contributed by atoms with van der Waals surface area (Å²) >= 11 is 0. The molecule has 1 heterocycles. The van der Waals surface area contributed by atoms with E-state index < -0.39 is 12.1 Å². The van der Waals surface area contributed by atoms with Gasteiger partial charge in [-0.3, -0.25) is 4.79 Å². The van der Waals surface area contributed by atoms with Gasteiger partial charge in [-0.2, -0.15) is 4.79 Å². The van der Waals surface area contributed by atoms with Crippen LogP contribution in [-0.4, -0.2) is 19.2 Å². The lowest BCUT2D eigenvalue weighted by Crippen LogP contribution is -3.00. The van der Waals surface area contributed by atoms with Crippen molar-refractivity contribution in [3.05, 3.63) is 24.5 Å². The van der Waals surface area contributed by atoms with Crippen LogP contribution in [0, 0.1) is 0 Å². The summed E-state index contributed by atoms with van der Waals surface area (Å²) in [5.41, 5.74) is 0. The number of rotatable bonds is 1. The Morgan fingerprint density at radius 1 is 1.40 bits per heavy atom. The van der Waals surface area contributed by atoms with Crippen LogP contribution < -0.4 is 21.7 Å². The molecule has 1 rings (SSSR count). The highest BCUT2D eigenvalue weighted by molar-refractivity contribution is 5.69. The number of hydrogen-bond donors (Lipinski definition) is 0. The molecule has 0 bridgehead atoms. The quantitative estimate of drug-likeness (QED) is 0.397. The molecule has 0 amide bonds. The summed E-state index contributed by atoms with van der Waals surface area (Å²) in [5.74, 6) is -0.141. The van der Waals surface area contributed by atoms with Crippen LogP contribution in [0.15, 0.2) is 24.5 Å². The maximum atomic E-state index is 11.1. The van der Waals surface area contributed by atoms with Crippen molar-refractivity contribution in [2.75, 3.05) is 7.11 Å². The molecule has 1 aromatic rings. The van der Waals surface area contributed by atoms with Gasteiger partial charge in [-0.25, -0.2) is 0 Å². The van der Waals surface area contributed by atoms with Gasteiger partial charge in [-0.15, -0.1) is 0 Å². The lowest BCUT2D eigenvalue weighted by Gasteiger charge is -1.97. The highest BCUT2D eigenvalue weighted by Gasteiger charge is 2.15. The van der Waals surface area contributed by atoms with E-state index in [0.29, 0.717) is 5.75 Å². The third-order valence-corrected chi connectivity index (χ3v) is 1.42. The van der Waals surface area contributed by atoms with Gasteiger partial charge in [0.2, 0.25) is 6.20 Å². The number of pyridine rings is 1. The van der Waals surface area contributed by atoms with Gasteiger partial charge in [0, 0.05) is 13.0 Å². The minimum absolute atomic E-state index is 0. The van der Waals surface area contributed by atoms with E-state index in [4.69, 9.17) is 4.74 Å². The molecule has 0 saturated carbocycles. The summed E-state index contributed by atoms with van der Waals surface area (Å²) in [6.07, 6.45) is 2.32. The van der Waals surface area contributed by atoms with Crippen molar-refractivity contribution in [3.63, 3.8) is 0 Å². The van der Waals surface area contributed by atoms with Gasteiger partial charge >= 0.3 is 12.1 Å². The van der Waals surface area contributed by atoms with Crippen LogP contribution >= 0.6 is 0 Å². The normalized spacial score (nSPS) is 8.67. The maximum Gasteiger partial charge on any atom is 0.601 e. The average molecular weight is 232 g/mol. The molecule has 0 saturated heterocycles. The van der Waals surface area contributed by atoms with Crippen molar-refractivity contribution in [1.29, 1.82) is 0 Å². The second-order valence-corrected chi connectivity index (χ2v) is 2.51. The first-order valence-corrected chi connectivity index (χ1v) is 3.91. The first-order chi connectivity index (χ1) is 6.63.